The second kappa shape index (κ2) is 39.2. The molecule has 3 atom stereocenters. The highest BCUT2D eigenvalue weighted by atomic mass is 31.2. The van der Waals surface area contributed by atoms with Crippen LogP contribution in [0.2, 0.25) is 0 Å². The Kier molecular flexibility index (Phi) is 37.7. The van der Waals surface area contributed by atoms with Gasteiger partial charge in [-0.15, -0.1) is 0 Å². The third-order valence-electron chi connectivity index (χ3n) is 8.83. The Morgan fingerprint density at radius 3 is 1.54 bits per heavy atom. The van der Waals surface area contributed by atoms with Crippen molar-refractivity contribution in [2.75, 3.05) is 26.4 Å². The van der Waals surface area contributed by atoms with Crippen LogP contribution < -0.4 is 5.73 Å². The molecule has 0 aromatic heterocycles. The summed E-state index contributed by atoms with van der Waals surface area (Å²) in [5.74, 6) is -1.80. The molecule has 0 aromatic carbocycles. The van der Waals surface area contributed by atoms with Gasteiger partial charge in [-0.2, -0.15) is 0 Å². The van der Waals surface area contributed by atoms with Crippen LogP contribution in [0.15, 0.2) is 48.6 Å². The standard InChI is InChI=1S/C43H78NO9P/c1-3-5-7-9-11-13-15-17-18-19-20-21-22-23-24-26-28-30-32-34-36-50-37-40(38-51-54(48,49)52-39-41(44)43(46)47)53-42(45)35-33-31-29-27-25-16-14-12-10-8-6-4-2/h11-14,17-18,20-21,40-41H,3-10,15-16,19,22-39,44H2,1-2H3,(H,46,47)(H,48,49)/b13-11-,14-12-,18-17-,21-20-. The number of allylic oxidation sites excluding steroid dienone is 8. The fourth-order valence-electron chi connectivity index (χ4n) is 5.49. The third kappa shape index (κ3) is 38.2. The van der Waals surface area contributed by atoms with E-state index in [1.807, 2.05) is 0 Å². The minimum Gasteiger partial charge on any atom is -0.480 e. The van der Waals surface area contributed by atoms with Gasteiger partial charge in [0.2, 0.25) is 0 Å². The van der Waals surface area contributed by atoms with E-state index in [0.29, 0.717) is 13.0 Å². The van der Waals surface area contributed by atoms with Crippen molar-refractivity contribution in [2.45, 2.75) is 187 Å². The van der Waals surface area contributed by atoms with Crippen molar-refractivity contribution in [3.8, 4) is 0 Å². The van der Waals surface area contributed by atoms with Crippen molar-refractivity contribution in [1.29, 1.82) is 0 Å². The van der Waals surface area contributed by atoms with Crippen LogP contribution in [0.25, 0.3) is 0 Å². The monoisotopic (exact) mass is 784 g/mol. The van der Waals surface area contributed by atoms with Crippen LogP contribution in [0.4, 0.5) is 0 Å². The van der Waals surface area contributed by atoms with Crippen LogP contribution in [0, 0.1) is 0 Å². The second-order valence-electron chi connectivity index (χ2n) is 14.1. The SMILES string of the molecule is CCCCC/C=C\C/C=C\C/C=C\CCCCCCCCCOCC(COP(=O)(O)OCC(N)C(=O)O)OC(=O)CCCCCCC/C=C\CCCCC. The zero-order valence-corrected chi connectivity index (χ0v) is 35.0. The molecule has 0 saturated heterocycles. The normalized spacial score (nSPS) is 14.4. The molecule has 11 heteroatoms. The molecule has 0 heterocycles. The molecular weight excluding hydrogens is 705 g/mol. The number of carboxylic acids is 1. The van der Waals surface area contributed by atoms with E-state index in [9.17, 15) is 19.0 Å². The minimum absolute atomic E-state index is 0.00578. The summed E-state index contributed by atoms with van der Waals surface area (Å²) in [7, 11) is -4.62. The number of phosphoric acid groups is 1. The van der Waals surface area contributed by atoms with Gasteiger partial charge in [0.1, 0.15) is 12.1 Å². The van der Waals surface area contributed by atoms with Crippen LogP contribution in [-0.2, 0) is 32.7 Å². The fraction of sp³-hybridized carbons (Fsp3) is 0.767. The average molecular weight is 784 g/mol. The maximum Gasteiger partial charge on any atom is 0.472 e. The highest BCUT2D eigenvalue weighted by Crippen LogP contribution is 2.43. The van der Waals surface area contributed by atoms with E-state index >= 15 is 0 Å². The van der Waals surface area contributed by atoms with Crippen LogP contribution in [0.3, 0.4) is 0 Å². The molecule has 0 fully saturated rings. The van der Waals surface area contributed by atoms with Crippen LogP contribution in [0.1, 0.15) is 174 Å². The smallest absolute Gasteiger partial charge is 0.472 e. The van der Waals surface area contributed by atoms with Crippen LogP contribution in [0.5, 0.6) is 0 Å². The fourth-order valence-corrected chi connectivity index (χ4v) is 6.26. The van der Waals surface area contributed by atoms with Gasteiger partial charge in [0.15, 0.2) is 0 Å². The van der Waals surface area contributed by atoms with Gasteiger partial charge in [0.25, 0.3) is 0 Å². The van der Waals surface area contributed by atoms with Gasteiger partial charge in [-0.25, -0.2) is 4.57 Å². The molecule has 0 saturated carbocycles. The Labute approximate surface area is 329 Å². The Hall–Kier alpha value is -2.07. The Balaban J connectivity index is 4.25. The number of nitrogens with two attached hydrogens (primary N) is 1. The number of ether oxygens (including phenoxy) is 2. The van der Waals surface area contributed by atoms with Crippen molar-refractivity contribution >= 4 is 19.8 Å². The number of phosphoric ester groups is 1. The highest BCUT2D eigenvalue weighted by molar-refractivity contribution is 7.47. The predicted octanol–water partition coefficient (Wildman–Crippen LogP) is 11.5. The zero-order valence-electron chi connectivity index (χ0n) is 34.1. The average Bonchev–Trinajstić information content (AvgIpc) is 3.15. The molecule has 0 aliphatic rings. The number of hydrogen-bond donors (Lipinski definition) is 3. The summed E-state index contributed by atoms with van der Waals surface area (Å²) >= 11 is 0. The summed E-state index contributed by atoms with van der Waals surface area (Å²) < 4.78 is 33.3. The summed E-state index contributed by atoms with van der Waals surface area (Å²) in [5.41, 5.74) is 5.35. The van der Waals surface area contributed by atoms with E-state index in [0.717, 1.165) is 77.0 Å². The summed E-state index contributed by atoms with van der Waals surface area (Å²) in [6, 6.07) is -1.48. The number of carbonyl (C=O) groups excluding carboxylic acids is 1. The topological polar surface area (TPSA) is 155 Å². The Morgan fingerprint density at radius 2 is 1.02 bits per heavy atom. The van der Waals surface area contributed by atoms with Crippen molar-refractivity contribution in [2.24, 2.45) is 5.73 Å². The summed E-state index contributed by atoms with van der Waals surface area (Å²) in [4.78, 5) is 33.4. The zero-order chi connectivity index (χ0) is 39.8. The molecule has 10 nitrogen and oxygen atoms in total. The van der Waals surface area contributed by atoms with Gasteiger partial charge < -0.3 is 25.2 Å². The maximum atomic E-state index is 12.6. The molecule has 0 rings (SSSR count). The van der Waals surface area contributed by atoms with Crippen molar-refractivity contribution in [3.63, 3.8) is 0 Å². The van der Waals surface area contributed by atoms with E-state index in [1.165, 1.54) is 70.6 Å². The molecule has 0 aromatic rings. The maximum absolute atomic E-state index is 12.6. The summed E-state index contributed by atoms with van der Waals surface area (Å²) in [5, 5.41) is 8.88. The molecule has 0 bridgehead atoms. The van der Waals surface area contributed by atoms with E-state index in [2.05, 4.69) is 62.5 Å². The van der Waals surface area contributed by atoms with Gasteiger partial charge >= 0.3 is 19.8 Å². The van der Waals surface area contributed by atoms with Gasteiger partial charge in [-0.05, 0) is 77.0 Å². The van der Waals surface area contributed by atoms with Gasteiger partial charge in [0.05, 0.1) is 19.8 Å². The largest absolute Gasteiger partial charge is 0.480 e. The molecule has 0 radical (unpaired) electrons. The lowest BCUT2D eigenvalue weighted by Crippen LogP contribution is -2.34. The van der Waals surface area contributed by atoms with Gasteiger partial charge in [-0.1, -0.05) is 140 Å². The number of hydrogen-bond acceptors (Lipinski definition) is 8. The van der Waals surface area contributed by atoms with Crippen molar-refractivity contribution in [1.82, 2.24) is 0 Å². The first-order valence-corrected chi connectivity index (χ1v) is 22.7. The molecule has 4 N–H and O–H groups in total. The number of rotatable bonds is 40. The molecule has 0 aliphatic heterocycles. The molecule has 54 heavy (non-hydrogen) atoms. The first-order valence-electron chi connectivity index (χ1n) is 21.2. The minimum atomic E-state index is -4.62. The summed E-state index contributed by atoms with van der Waals surface area (Å²) in [6.07, 6.45) is 44.5. The van der Waals surface area contributed by atoms with E-state index in [-0.39, 0.29) is 13.0 Å². The Morgan fingerprint density at radius 1 is 0.593 bits per heavy atom. The highest BCUT2D eigenvalue weighted by Gasteiger charge is 2.27. The second-order valence-corrected chi connectivity index (χ2v) is 15.6. The number of carbonyl (C=O) groups is 2. The molecular formula is C43H78NO9P. The molecule has 0 spiro atoms. The molecule has 0 aliphatic carbocycles. The molecule has 314 valence electrons. The Bertz CT molecular complexity index is 1050. The van der Waals surface area contributed by atoms with Crippen LogP contribution in [-0.4, -0.2) is 60.5 Å². The number of aliphatic carboxylic acids is 1. The number of esters is 1. The number of carboxylic acid groups (broad SMARTS) is 1. The quantitative estimate of drug-likeness (QED) is 0.0237. The first-order chi connectivity index (χ1) is 26.2. The van der Waals surface area contributed by atoms with Crippen molar-refractivity contribution in [3.05, 3.63) is 48.6 Å². The first kappa shape index (κ1) is 51.9. The number of unbranched alkanes of at least 4 members (excludes halogenated alkanes) is 18. The van der Waals surface area contributed by atoms with E-state index in [4.69, 9.17) is 29.4 Å². The van der Waals surface area contributed by atoms with E-state index < -0.39 is 45.1 Å². The third-order valence-corrected chi connectivity index (χ3v) is 9.78. The lowest BCUT2D eigenvalue weighted by atomic mass is 10.1. The van der Waals surface area contributed by atoms with E-state index in [1.54, 1.807) is 0 Å². The van der Waals surface area contributed by atoms with Gasteiger partial charge in [0, 0.05) is 13.0 Å². The van der Waals surface area contributed by atoms with Crippen molar-refractivity contribution < 1.29 is 42.7 Å². The lowest BCUT2D eigenvalue weighted by Gasteiger charge is -2.20. The molecule has 3 unspecified atom stereocenters. The summed E-state index contributed by atoms with van der Waals surface area (Å²) in [6.45, 7) is 3.78. The van der Waals surface area contributed by atoms with Gasteiger partial charge in [-0.3, -0.25) is 18.6 Å². The lowest BCUT2D eigenvalue weighted by molar-refractivity contribution is -0.154. The predicted molar refractivity (Wildman–Crippen MR) is 221 cm³/mol. The molecule has 0 amide bonds. The van der Waals surface area contributed by atoms with Crippen LogP contribution >= 0.6 is 7.82 Å².